The van der Waals surface area contributed by atoms with Crippen molar-refractivity contribution in [3.05, 3.63) is 28.2 Å². The summed E-state index contributed by atoms with van der Waals surface area (Å²) in [5.74, 6) is 1.07. The Balaban J connectivity index is 2.07. The number of nitrogens with zero attached hydrogens (tertiary/aromatic N) is 2. The van der Waals surface area contributed by atoms with Crippen molar-refractivity contribution in [2.75, 3.05) is 40.8 Å². The van der Waals surface area contributed by atoms with Crippen molar-refractivity contribution in [1.29, 1.82) is 0 Å². The van der Waals surface area contributed by atoms with E-state index >= 15 is 0 Å². The van der Waals surface area contributed by atoms with Crippen LogP contribution in [0.3, 0.4) is 0 Å². The molecule has 5 heteroatoms. The van der Waals surface area contributed by atoms with E-state index in [-0.39, 0.29) is 11.8 Å². The molecule has 0 radical (unpaired) electrons. The number of carbonyl (C=O) groups is 1. The maximum Gasteiger partial charge on any atom is 0.155 e. The summed E-state index contributed by atoms with van der Waals surface area (Å²) in [6.45, 7) is 2.85. The molecule has 0 saturated carbocycles. The number of methoxy groups -OCH3 is 1. The van der Waals surface area contributed by atoms with Crippen molar-refractivity contribution in [1.82, 2.24) is 9.80 Å². The van der Waals surface area contributed by atoms with Crippen LogP contribution in [0.2, 0.25) is 0 Å². The van der Waals surface area contributed by atoms with E-state index in [0.717, 1.165) is 41.8 Å². The Kier molecular flexibility index (Phi) is 5.79. The molecule has 0 aliphatic carbocycles. The molecule has 1 aliphatic rings. The highest BCUT2D eigenvalue weighted by molar-refractivity contribution is 9.10. The van der Waals surface area contributed by atoms with Gasteiger partial charge in [0, 0.05) is 13.0 Å². The number of benzene rings is 1. The van der Waals surface area contributed by atoms with Gasteiger partial charge in [-0.3, -0.25) is 9.69 Å². The number of rotatable bonds is 4. The number of likely N-dealkylation sites (N-methyl/N-ethyl adjacent to an activating group) is 2. The molecule has 0 bridgehead atoms. The van der Waals surface area contributed by atoms with Crippen molar-refractivity contribution in [3.8, 4) is 5.75 Å². The van der Waals surface area contributed by atoms with Gasteiger partial charge >= 0.3 is 0 Å². The first-order chi connectivity index (χ1) is 10.0. The zero-order valence-electron chi connectivity index (χ0n) is 12.9. The van der Waals surface area contributed by atoms with Gasteiger partial charge in [0.2, 0.25) is 0 Å². The van der Waals surface area contributed by atoms with Crippen LogP contribution >= 0.6 is 15.9 Å². The van der Waals surface area contributed by atoms with Crippen LogP contribution in [0.1, 0.15) is 12.0 Å². The highest BCUT2D eigenvalue weighted by atomic mass is 79.9. The Morgan fingerprint density at radius 1 is 1.38 bits per heavy atom. The lowest BCUT2D eigenvalue weighted by atomic mass is 10.0. The first-order valence-electron chi connectivity index (χ1n) is 7.25. The van der Waals surface area contributed by atoms with E-state index in [9.17, 15) is 4.79 Å². The van der Waals surface area contributed by atoms with Crippen LogP contribution in [-0.4, -0.2) is 62.5 Å². The maximum atomic E-state index is 12.6. The normalized spacial score (nSPS) is 21.0. The Hall–Kier alpha value is -0.910. The second-order valence-electron chi connectivity index (χ2n) is 5.72. The van der Waals surface area contributed by atoms with Crippen LogP contribution < -0.4 is 4.74 Å². The molecule has 21 heavy (non-hydrogen) atoms. The van der Waals surface area contributed by atoms with Crippen LogP contribution in [0.5, 0.6) is 5.75 Å². The average molecular weight is 355 g/mol. The monoisotopic (exact) mass is 354 g/mol. The van der Waals surface area contributed by atoms with Gasteiger partial charge in [0.25, 0.3) is 0 Å². The molecule has 116 valence electrons. The van der Waals surface area contributed by atoms with Gasteiger partial charge in [-0.2, -0.15) is 0 Å². The summed E-state index contributed by atoms with van der Waals surface area (Å²) in [4.78, 5) is 17.1. The highest BCUT2D eigenvalue weighted by Gasteiger charge is 2.26. The zero-order chi connectivity index (χ0) is 15.4. The van der Waals surface area contributed by atoms with Crippen molar-refractivity contribution in [2.24, 2.45) is 0 Å². The van der Waals surface area contributed by atoms with Crippen LogP contribution in [-0.2, 0) is 11.2 Å². The molecule has 0 amide bonds. The van der Waals surface area contributed by atoms with Gasteiger partial charge in [0.05, 0.1) is 17.6 Å². The molecule has 4 nitrogen and oxygen atoms in total. The minimum Gasteiger partial charge on any atom is -0.496 e. The molecule has 1 aliphatic heterocycles. The molecule has 1 saturated heterocycles. The summed E-state index contributed by atoms with van der Waals surface area (Å²) in [7, 11) is 5.77. The fourth-order valence-electron chi connectivity index (χ4n) is 2.76. The van der Waals surface area contributed by atoms with E-state index in [4.69, 9.17) is 4.74 Å². The zero-order valence-corrected chi connectivity index (χ0v) is 14.5. The quantitative estimate of drug-likeness (QED) is 0.829. The molecule has 0 N–H and O–H groups in total. The van der Waals surface area contributed by atoms with Crippen LogP contribution in [0, 0.1) is 0 Å². The molecule has 1 atom stereocenters. The van der Waals surface area contributed by atoms with Crippen LogP contribution in [0.15, 0.2) is 22.7 Å². The third-order valence-electron chi connectivity index (χ3n) is 4.03. The molecule has 1 aromatic rings. The standard InChI is InChI=1S/C16H23BrN2O2/c1-18-7-4-8-19(2)14(11-18)15(20)10-12-5-6-16(21-3)13(17)9-12/h5-6,9,14H,4,7-8,10-11H2,1-3H3. The number of hydrogen-bond acceptors (Lipinski definition) is 4. The topological polar surface area (TPSA) is 32.8 Å². The SMILES string of the molecule is COc1ccc(CC(=O)C2CN(C)CCCN2C)cc1Br. The lowest BCUT2D eigenvalue weighted by molar-refractivity contribution is -0.123. The molecule has 0 spiro atoms. The first kappa shape index (κ1) is 16.5. The largest absolute Gasteiger partial charge is 0.496 e. The molecule has 1 fully saturated rings. The Bertz CT molecular complexity index is 507. The van der Waals surface area contributed by atoms with Crippen molar-refractivity contribution < 1.29 is 9.53 Å². The number of Topliss-reactive ketones (excluding diaryl/α,β-unsaturated/α-hetero) is 1. The molecule has 0 aromatic heterocycles. The number of halogens is 1. The van der Waals surface area contributed by atoms with Gasteiger partial charge < -0.3 is 9.64 Å². The minimum atomic E-state index is -0.0154. The summed E-state index contributed by atoms with van der Waals surface area (Å²) >= 11 is 3.47. The van der Waals surface area contributed by atoms with E-state index in [2.05, 4.69) is 32.8 Å². The van der Waals surface area contributed by atoms with Gasteiger partial charge in [-0.1, -0.05) is 6.07 Å². The van der Waals surface area contributed by atoms with Crippen molar-refractivity contribution in [3.63, 3.8) is 0 Å². The van der Waals surface area contributed by atoms with Gasteiger partial charge in [-0.25, -0.2) is 0 Å². The summed E-state index contributed by atoms with van der Waals surface area (Å²) in [5, 5.41) is 0. The molecule has 1 aromatic carbocycles. The number of hydrogen-bond donors (Lipinski definition) is 0. The Morgan fingerprint density at radius 2 is 2.14 bits per heavy atom. The second-order valence-corrected chi connectivity index (χ2v) is 6.58. The number of ether oxygens (including phenoxy) is 1. The fraction of sp³-hybridized carbons (Fsp3) is 0.562. The first-order valence-corrected chi connectivity index (χ1v) is 8.04. The molecule has 1 heterocycles. The third kappa shape index (κ3) is 4.28. The summed E-state index contributed by atoms with van der Waals surface area (Å²) in [6, 6.07) is 5.81. The Labute approximate surface area is 135 Å². The van der Waals surface area contributed by atoms with E-state index in [0.29, 0.717) is 6.42 Å². The fourth-order valence-corrected chi connectivity index (χ4v) is 3.35. The predicted molar refractivity (Wildman–Crippen MR) is 87.9 cm³/mol. The van der Waals surface area contributed by atoms with E-state index in [1.54, 1.807) is 7.11 Å². The molecular formula is C16H23BrN2O2. The maximum absolute atomic E-state index is 12.6. The van der Waals surface area contributed by atoms with Gasteiger partial charge in [0.15, 0.2) is 5.78 Å². The Morgan fingerprint density at radius 3 is 2.81 bits per heavy atom. The lowest BCUT2D eigenvalue weighted by Crippen LogP contribution is -2.44. The van der Waals surface area contributed by atoms with E-state index in [1.807, 2.05) is 25.2 Å². The highest BCUT2D eigenvalue weighted by Crippen LogP contribution is 2.26. The van der Waals surface area contributed by atoms with Crippen LogP contribution in [0.25, 0.3) is 0 Å². The van der Waals surface area contributed by atoms with Gasteiger partial charge in [-0.15, -0.1) is 0 Å². The third-order valence-corrected chi connectivity index (χ3v) is 4.65. The molecular weight excluding hydrogens is 332 g/mol. The number of carbonyl (C=O) groups excluding carboxylic acids is 1. The van der Waals surface area contributed by atoms with Gasteiger partial charge in [0.1, 0.15) is 5.75 Å². The predicted octanol–water partition coefficient (Wildman–Crippen LogP) is 2.21. The van der Waals surface area contributed by atoms with Crippen molar-refractivity contribution in [2.45, 2.75) is 18.9 Å². The summed E-state index contributed by atoms with van der Waals surface area (Å²) in [6.07, 6.45) is 1.58. The van der Waals surface area contributed by atoms with E-state index in [1.165, 1.54) is 0 Å². The minimum absolute atomic E-state index is 0.0154. The smallest absolute Gasteiger partial charge is 0.155 e. The molecule has 2 rings (SSSR count). The second kappa shape index (κ2) is 7.38. The lowest BCUT2D eigenvalue weighted by Gasteiger charge is -2.26. The average Bonchev–Trinajstić information content (AvgIpc) is 2.60. The van der Waals surface area contributed by atoms with Crippen LogP contribution in [0.4, 0.5) is 0 Å². The molecule has 1 unspecified atom stereocenters. The number of ketones is 1. The van der Waals surface area contributed by atoms with E-state index < -0.39 is 0 Å². The summed E-state index contributed by atoms with van der Waals surface area (Å²) < 4.78 is 6.11. The summed E-state index contributed by atoms with van der Waals surface area (Å²) in [5.41, 5.74) is 1.02. The van der Waals surface area contributed by atoms with Crippen molar-refractivity contribution >= 4 is 21.7 Å². The van der Waals surface area contributed by atoms with Gasteiger partial charge in [-0.05, 0) is 67.2 Å².